The van der Waals surface area contributed by atoms with Gasteiger partial charge in [0.25, 0.3) is 0 Å². The maximum absolute atomic E-state index is 12.0. The SMILES string of the molecule is COc1ccc2nc(NC(=O)CCC(=O)c3ccc(C)s3)sc2c1. The molecule has 0 unspecified atom stereocenters. The van der Waals surface area contributed by atoms with Gasteiger partial charge in [-0.25, -0.2) is 4.98 Å². The molecule has 0 saturated carbocycles. The summed E-state index contributed by atoms with van der Waals surface area (Å²) in [6.07, 6.45) is 0.347. The van der Waals surface area contributed by atoms with Crippen molar-refractivity contribution < 1.29 is 14.3 Å². The van der Waals surface area contributed by atoms with Gasteiger partial charge in [-0.2, -0.15) is 0 Å². The van der Waals surface area contributed by atoms with Crippen molar-refractivity contribution in [2.45, 2.75) is 19.8 Å². The van der Waals surface area contributed by atoms with E-state index in [1.165, 1.54) is 22.7 Å². The van der Waals surface area contributed by atoms with Crippen LogP contribution in [0.2, 0.25) is 0 Å². The highest BCUT2D eigenvalue weighted by Crippen LogP contribution is 2.29. The molecule has 0 fully saturated rings. The molecule has 0 aliphatic rings. The van der Waals surface area contributed by atoms with Gasteiger partial charge in [0.2, 0.25) is 5.91 Å². The smallest absolute Gasteiger partial charge is 0.226 e. The highest BCUT2D eigenvalue weighted by atomic mass is 32.1. The molecule has 7 heteroatoms. The number of carbonyl (C=O) groups excluding carboxylic acids is 2. The summed E-state index contributed by atoms with van der Waals surface area (Å²) in [4.78, 5) is 30.2. The first-order valence-electron chi connectivity index (χ1n) is 7.39. The predicted molar refractivity (Wildman–Crippen MR) is 97.4 cm³/mol. The third-order valence-electron chi connectivity index (χ3n) is 3.44. The maximum Gasteiger partial charge on any atom is 0.226 e. The molecule has 1 amide bonds. The fourth-order valence-electron chi connectivity index (χ4n) is 2.20. The van der Waals surface area contributed by atoms with Gasteiger partial charge in [-0.1, -0.05) is 11.3 Å². The van der Waals surface area contributed by atoms with Gasteiger partial charge in [0.1, 0.15) is 5.75 Å². The van der Waals surface area contributed by atoms with Gasteiger partial charge in [0.05, 0.1) is 22.2 Å². The van der Waals surface area contributed by atoms with Crippen molar-refractivity contribution in [3.05, 3.63) is 40.1 Å². The van der Waals surface area contributed by atoms with Crippen LogP contribution in [0, 0.1) is 6.92 Å². The minimum absolute atomic E-state index is 0.00251. The average Bonchev–Trinajstić information content (AvgIpc) is 3.17. The van der Waals surface area contributed by atoms with Crippen molar-refractivity contribution in [1.82, 2.24) is 4.98 Å². The Morgan fingerprint density at radius 2 is 2.00 bits per heavy atom. The van der Waals surface area contributed by atoms with E-state index in [0.29, 0.717) is 10.0 Å². The van der Waals surface area contributed by atoms with Gasteiger partial charge >= 0.3 is 0 Å². The Morgan fingerprint density at radius 3 is 2.71 bits per heavy atom. The van der Waals surface area contributed by atoms with Crippen LogP contribution in [0.15, 0.2) is 30.3 Å². The third-order valence-corrected chi connectivity index (χ3v) is 5.41. The number of aryl methyl sites for hydroxylation is 1. The van der Waals surface area contributed by atoms with E-state index in [0.717, 1.165) is 20.8 Å². The maximum atomic E-state index is 12.0. The molecule has 0 aliphatic carbocycles. The molecule has 5 nitrogen and oxygen atoms in total. The van der Waals surface area contributed by atoms with E-state index in [1.54, 1.807) is 13.2 Å². The number of ketones is 1. The first-order valence-corrected chi connectivity index (χ1v) is 9.02. The molecule has 0 radical (unpaired) electrons. The van der Waals surface area contributed by atoms with Crippen LogP contribution in [0.25, 0.3) is 10.2 Å². The van der Waals surface area contributed by atoms with Crippen LogP contribution in [-0.4, -0.2) is 23.8 Å². The lowest BCUT2D eigenvalue weighted by molar-refractivity contribution is -0.116. The molecule has 0 spiro atoms. The number of benzene rings is 1. The number of thiazole rings is 1. The highest BCUT2D eigenvalue weighted by molar-refractivity contribution is 7.22. The zero-order valence-corrected chi connectivity index (χ0v) is 14.9. The Hall–Kier alpha value is -2.25. The lowest BCUT2D eigenvalue weighted by Crippen LogP contribution is -2.12. The number of ether oxygens (including phenoxy) is 1. The molecule has 2 heterocycles. The number of carbonyl (C=O) groups is 2. The van der Waals surface area contributed by atoms with Crippen LogP contribution >= 0.6 is 22.7 Å². The van der Waals surface area contributed by atoms with Crippen LogP contribution in [0.5, 0.6) is 5.75 Å². The summed E-state index contributed by atoms with van der Waals surface area (Å²) in [6.45, 7) is 1.95. The van der Waals surface area contributed by atoms with Crippen LogP contribution in [0.4, 0.5) is 5.13 Å². The Morgan fingerprint density at radius 1 is 1.17 bits per heavy atom. The normalized spacial score (nSPS) is 10.8. The quantitative estimate of drug-likeness (QED) is 0.666. The van der Waals surface area contributed by atoms with Crippen molar-refractivity contribution >= 4 is 49.7 Å². The van der Waals surface area contributed by atoms with Crippen molar-refractivity contribution in [2.24, 2.45) is 0 Å². The van der Waals surface area contributed by atoms with Crippen molar-refractivity contribution in [3.8, 4) is 5.75 Å². The number of methoxy groups -OCH3 is 1. The molecule has 1 aromatic carbocycles. The number of hydrogen-bond donors (Lipinski definition) is 1. The summed E-state index contributed by atoms with van der Waals surface area (Å²) in [7, 11) is 1.61. The topological polar surface area (TPSA) is 68.3 Å². The van der Waals surface area contributed by atoms with Crippen LogP contribution < -0.4 is 10.1 Å². The standard InChI is InChI=1S/C17H16N2O3S2/c1-10-3-7-14(23-10)13(20)6-8-16(21)19-17-18-12-5-4-11(22-2)9-15(12)24-17/h3-5,7,9H,6,8H2,1-2H3,(H,18,19,21). The van der Waals surface area contributed by atoms with E-state index in [4.69, 9.17) is 4.74 Å². The Balaban J connectivity index is 1.59. The highest BCUT2D eigenvalue weighted by Gasteiger charge is 2.13. The number of Topliss-reactive ketones (excluding diaryl/α,β-unsaturated/α-hetero) is 1. The molecule has 1 N–H and O–H groups in total. The monoisotopic (exact) mass is 360 g/mol. The van der Waals surface area contributed by atoms with E-state index in [9.17, 15) is 9.59 Å². The number of thiophene rings is 1. The second-order valence-corrected chi connectivity index (χ2v) is 7.55. The van der Waals surface area contributed by atoms with Gasteiger partial charge in [-0.3, -0.25) is 9.59 Å². The second kappa shape index (κ2) is 7.11. The van der Waals surface area contributed by atoms with Crippen LogP contribution in [0.1, 0.15) is 27.4 Å². The zero-order chi connectivity index (χ0) is 17.1. The Labute approximate surface area is 147 Å². The summed E-state index contributed by atoms with van der Waals surface area (Å²) in [6, 6.07) is 9.28. The third kappa shape index (κ3) is 3.80. The van der Waals surface area contributed by atoms with Gasteiger partial charge in [0, 0.05) is 17.7 Å². The molecule has 0 atom stereocenters. The largest absolute Gasteiger partial charge is 0.497 e. The Bertz CT molecular complexity index is 898. The predicted octanol–water partition coefficient (Wildman–Crippen LogP) is 4.28. The number of amides is 1. The van der Waals surface area contributed by atoms with Crippen LogP contribution in [0.3, 0.4) is 0 Å². The van der Waals surface area contributed by atoms with Crippen molar-refractivity contribution in [3.63, 3.8) is 0 Å². The summed E-state index contributed by atoms with van der Waals surface area (Å²) in [5, 5.41) is 3.29. The minimum atomic E-state index is -0.206. The summed E-state index contributed by atoms with van der Waals surface area (Å²) < 4.78 is 6.12. The van der Waals surface area contributed by atoms with Gasteiger partial charge in [0.15, 0.2) is 10.9 Å². The molecule has 3 rings (SSSR count). The number of hydrogen-bond acceptors (Lipinski definition) is 6. The van der Waals surface area contributed by atoms with E-state index in [1.807, 2.05) is 31.2 Å². The van der Waals surface area contributed by atoms with Crippen LogP contribution in [-0.2, 0) is 4.79 Å². The Kier molecular flexibility index (Phi) is 4.92. The molecule has 24 heavy (non-hydrogen) atoms. The van der Waals surface area contributed by atoms with Gasteiger partial charge < -0.3 is 10.1 Å². The number of fused-ring (bicyclic) bond motifs is 1. The molecule has 0 aliphatic heterocycles. The summed E-state index contributed by atoms with van der Waals surface area (Å²) >= 11 is 2.84. The van der Waals surface area contributed by atoms with Crippen molar-refractivity contribution in [1.29, 1.82) is 0 Å². The first kappa shape index (κ1) is 16.6. The van der Waals surface area contributed by atoms with Crippen molar-refractivity contribution in [2.75, 3.05) is 12.4 Å². The van der Waals surface area contributed by atoms with E-state index >= 15 is 0 Å². The number of rotatable bonds is 6. The average molecular weight is 360 g/mol. The molecule has 0 saturated heterocycles. The van der Waals surface area contributed by atoms with Gasteiger partial charge in [-0.05, 0) is 37.3 Å². The zero-order valence-electron chi connectivity index (χ0n) is 13.3. The lowest BCUT2D eigenvalue weighted by Gasteiger charge is -2.00. The summed E-state index contributed by atoms with van der Waals surface area (Å²) in [5.74, 6) is 0.542. The molecular formula is C17H16N2O3S2. The number of anilines is 1. The second-order valence-electron chi connectivity index (χ2n) is 5.23. The summed E-state index contributed by atoms with van der Waals surface area (Å²) in [5.41, 5.74) is 0.807. The minimum Gasteiger partial charge on any atom is -0.497 e. The van der Waals surface area contributed by atoms with E-state index in [-0.39, 0.29) is 24.5 Å². The number of nitrogens with one attached hydrogen (secondary N) is 1. The van der Waals surface area contributed by atoms with Gasteiger partial charge in [-0.15, -0.1) is 11.3 Å². The van der Waals surface area contributed by atoms with E-state index < -0.39 is 0 Å². The molecular weight excluding hydrogens is 344 g/mol. The molecule has 124 valence electrons. The fourth-order valence-corrected chi connectivity index (χ4v) is 3.95. The molecule has 0 bridgehead atoms. The molecule has 2 aromatic heterocycles. The van der Waals surface area contributed by atoms with E-state index in [2.05, 4.69) is 10.3 Å². The molecule has 3 aromatic rings. The number of aromatic nitrogens is 1. The number of nitrogens with zero attached hydrogens (tertiary/aromatic N) is 1. The lowest BCUT2D eigenvalue weighted by atomic mass is 10.2. The first-order chi connectivity index (χ1) is 11.5. The fraction of sp³-hybridized carbons (Fsp3) is 0.235.